The second kappa shape index (κ2) is 3.65. The number of rotatable bonds is 3. The smallest absolute Gasteiger partial charge is 0.241 e. The molecule has 0 heterocycles. The molecule has 0 atom stereocenters. The van der Waals surface area contributed by atoms with E-state index in [1.807, 2.05) is 0 Å². The molecule has 0 bridgehead atoms. The molecule has 0 aliphatic carbocycles. The van der Waals surface area contributed by atoms with Gasteiger partial charge in [-0.3, -0.25) is 10.1 Å². The number of hydrogen-bond donors (Lipinski definition) is 0. The Labute approximate surface area is 82.7 Å². The number of methoxy groups -OCH3 is 1. The van der Waals surface area contributed by atoms with Crippen LogP contribution in [0.2, 0.25) is 0 Å². The van der Waals surface area contributed by atoms with E-state index >= 15 is 0 Å². The molecule has 14 heavy (non-hydrogen) atoms. The van der Waals surface area contributed by atoms with Crippen molar-refractivity contribution in [3.8, 4) is 5.75 Å². The van der Waals surface area contributed by atoms with Crippen molar-refractivity contribution in [1.82, 2.24) is 0 Å². The van der Waals surface area contributed by atoms with Gasteiger partial charge < -0.3 is 4.74 Å². The Balaban J connectivity index is 3.02. The summed E-state index contributed by atoms with van der Waals surface area (Å²) in [5.74, 6) is 0.702. The summed E-state index contributed by atoms with van der Waals surface area (Å²) in [5, 5.41) is 10.8. The van der Waals surface area contributed by atoms with Crippen molar-refractivity contribution in [2.45, 2.75) is 19.4 Å². The lowest BCUT2D eigenvalue weighted by molar-refractivity contribution is -0.569. The topological polar surface area (TPSA) is 52.4 Å². The first-order valence-corrected chi connectivity index (χ1v) is 4.27. The van der Waals surface area contributed by atoms with Crippen LogP contribution in [0.1, 0.15) is 19.4 Å². The third kappa shape index (κ3) is 1.84. The first kappa shape index (κ1) is 10.5. The maximum Gasteiger partial charge on any atom is 0.241 e. The van der Waals surface area contributed by atoms with Crippen LogP contribution in [0.25, 0.3) is 0 Å². The van der Waals surface area contributed by atoms with E-state index in [2.05, 4.69) is 0 Å². The van der Waals surface area contributed by atoms with Crippen molar-refractivity contribution in [3.63, 3.8) is 0 Å². The van der Waals surface area contributed by atoms with Crippen LogP contribution in [0.15, 0.2) is 24.3 Å². The molecule has 4 heteroatoms. The van der Waals surface area contributed by atoms with Crippen LogP contribution in [0.4, 0.5) is 0 Å². The number of hydrogen-bond acceptors (Lipinski definition) is 3. The van der Waals surface area contributed by atoms with Gasteiger partial charge in [0.1, 0.15) is 5.75 Å². The maximum atomic E-state index is 10.8. The molecule has 0 N–H and O–H groups in total. The average molecular weight is 195 g/mol. The highest BCUT2D eigenvalue weighted by Gasteiger charge is 2.32. The Morgan fingerprint density at radius 1 is 1.29 bits per heavy atom. The minimum absolute atomic E-state index is 0.297. The highest BCUT2D eigenvalue weighted by atomic mass is 16.6. The minimum atomic E-state index is -1.05. The van der Waals surface area contributed by atoms with Gasteiger partial charge >= 0.3 is 0 Å². The molecular formula is C10H13NO3. The van der Waals surface area contributed by atoms with Crippen LogP contribution >= 0.6 is 0 Å². The highest BCUT2D eigenvalue weighted by Crippen LogP contribution is 2.25. The molecule has 0 saturated heterocycles. The molecule has 76 valence electrons. The lowest BCUT2D eigenvalue weighted by atomic mass is 9.95. The molecule has 0 amide bonds. The zero-order valence-electron chi connectivity index (χ0n) is 8.48. The molecule has 1 aromatic carbocycles. The van der Waals surface area contributed by atoms with E-state index in [-0.39, 0.29) is 4.92 Å². The predicted molar refractivity (Wildman–Crippen MR) is 53.0 cm³/mol. The van der Waals surface area contributed by atoms with Gasteiger partial charge in [0.15, 0.2) is 0 Å². The van der Waals surface area contributed by atoms with Gasteiger partial charge in [0.05, 0.1) is 7.11 Å². The largest absolute Gasteiger partial charge is 0.497 e. The Kier molecular flexibility index (Phi) is 2.74. The van der Waals surface area contributed by atoms with Gasteiger partial charge in [-0.2, -0.15) is 0 Å². The summed E-state index contributed by atoms with van der Waals surface area (Å²) in [6.07, 6.45) is 0. The lowest BCUT2D eigenvalue weighted by Crippen LogP contribution is -2.27. The number of benzene rings is 1. The second-order valence-electron chi connectivity index (χ2n) is 3.54. The van der Waals surface area contributed by atoms with E-state index in [4.69, 9.17) is 4.74 Å². The Morgan fingerprint density at radius 2 is 1.79 bits per heavy atom. The van der Waals surface area contributed by atoms with Crippen LogP contribution in [-0.2, 0) is 5.54 Å². The fourth-order valence-electron chi connectivity index (χ4n) is 1.10. The van der Waals surface area contributed by atoms with Crippen molar-refractivity contribution in [1.29, 1.82) is 0 Å². The normalized spacial score (nSPS) is 11.1. The third-order valence-electron chi connectivity index (χ3n) is 2.25. The van der Waals surface area contributed by atoms with E-state index in [0.717, 1.165) is 0 Å². The number of ether oxygens (including phenoxy) is 1. The van der Waals surface area contributed by atoms with Gasteiger partial charge in [0.2, 0.25) is 5.54 Å². The zero-order valence-corrected chi connectivity index (χ0v) is 8.48. The molecule has 1 rings (SSSR count). The zero-order chi connectivity index (χ0) is 10.8. The van der Waals surface area contributed by atoms with Gasteiger partial charge in [-0.05, 0) is 24.3 Å². The molecule has 0 saturated carbocycles. The van der Waals surface area contributed by atoms with E-state index in [9.17, 15) is 10.1 Å². The molecule has 1 aromatic rings. The van der Waals surface area contributed by atoms with E-state index < -0.39 is 5.54 Å². The quantitative estimate of drug-likeness (QED) is 0.548. The van der Waals surface area contributed by atoms with E-state index in [1.165, 1.54) is 0 Å². The van der Waals surface area contributed by atoms with Crippen LogP contribution in [0.5, 0.6) is 5.75 Å². The SMILES string of the molecule is COc1ccc(C(C)(C)[N+](=O)[O-])cc1. The van der Waals surface area contributed by atoms with Crippen molar-refractivity contribution in [3.05, 3.63) is 39.9 Å². The predicted octanol–water partition coefficient (Wildman–Crippen LogP) is 2.21. The Hall–Kier alpha value is -1.58. The first-order valence-electron chi connectivity index (χ1n) is 4.27. The summed E-state index contributed by atoms with van der Waals surface area (Å²) in [6, 6.07) is 6.87. The molecular weight excluding hydrogens is 182 g/mol. The standard InChI is InChI=1S/C10H13NO3/c1-10(2,11(12)13)8-4-6-9(14-3)7-5-8/h4-7H,1-3H3. The van der Waals surface area contributed by atoms with Gasteiger partial charge in [0.25, 0.3) is 0 Å². The fraction of sp³-hybridized carbons (Fsp3) is 0.400. The van der Waals surface area contributed by atoms with Crippen LogP contribution in [-0.4, -0.2) is 12.0 Å². The summed E-state index contributed by atoms with van der Waals surface area (Å²) in [7, 11) is 1.56. The summed E-state index contributed by atoms with van der Waals surface area (Å²) in [6.45, 7) is 3.16. The summed E-state index contributed by atoms with van der Waals surface area (Å²) in [5.41, 5.74) is -0.380. The Bertz CT molecular complexity index is 330. The average Bonchev–Trinajstić information content (AvgIpc) is 2.17. The molecule has 0 radical (unpaired) electrons. The summed E-state index contributed by atoms with van der Waals surface area (Å²) < 4.78 is 4.97. The van der Waals surface area contributed by atoms with Gasteiger partial charge in [0, 0.05) is 24.3 Å². The monoisotopic (exact) mass is 195 g/mol. The molecule has 0 aromatic heterocycles. The molecule has 4 nitrogen and oxygen atoms in total. The van der Waals surface area contributed by atoms with Crippen LogP contribution in [0.3, 0.4) is 0 Å². The number of nitro groups is 1. The van der Waals surface area contributed by atoms with Crippen LogP contribution < -0.4 is 4.74 Å². The second-order valence-corrected chi connectivity index (χ2v) is 3.54. The molecule has 0 aliphatic rings. The first-order chi connectivity index (χ1) is 6.48. The van der Waals surface area contributed by atoms with Gasteiger partial charge in [-0.15, -0.1) is 0 Å². The number of nitrogens with zero attached hydrogens (tertiary/aromatic N) is 1. The fourth-order valence-corrected chi connectivity index (χ4v) is 1.10. The van der Waals surface area contributed by atoms with Gasteiger partial charge in [-0.25, -0.2) is 0 Å². The summed E-state index contributed by atoms with van der Waals surface area (Å²) in [4.78, 5) is 10.5. The van der Waals surface area contributed by atoms with E-state index in [0.29, 0.717) is 11.3 Å². The van der Waals surface area contributed by atoms with Crippen molar-refractivity contribution in [2.24, 2.45) is 0 Å². The van der Waals surface area contributed by atoms with Crippen LogP contribution in [0, 0.1) is 10.1 Å². The minimum Gasteiger partial charge on any atom is -0.497 e. The maximum absolute atomic E-state index is 10.8. The summed E-state index contributed by atoms with van der Waals surface area (Å²) >= 11 is 0. The molecule has 0 unspecified atom stereocenters. The molecule has 0 fully saturated rings. The molecule has 0 spiro atoms. The van der Waals surface area contributed by atoms with Crippen molar-refractivity contribution >= 4 is 0 Å². The molecule has 0 aliphatic heterocycles. The van der Waals surface area contributed by atoms with Gasteiger partial charge in [-0.1, -0.05) is 0 Å². The van der Waals surface area contributed by atoms with Crippen molar-refractivity contribution < 1.29 is 9.66 Å². The third-order valence-corrected chi connectivity index (χ3v) is 2.25. The highest BCUT2D eigenvalue weighted by molar-refractivity contribution is 5.29. The Morgan fingerprint density at radius 3 is 2.14 bits per heavy atom. The van der Waals surface area contributed by atoms with Crippen molar-refractivity contribution in [2.75, 3.05) is 7.11 Å². The lowest BCUT2D eigenvalue weighted by Gasteiger charge is -2.15. The van der Waals surface area contributed by atoms with E-state index in [1.54, 1.807) is 45.2 Å².